The van der Waals surface area contributed by atoms with E-state index >= 15 is 0 Å². The van der Waals surface area contributed by atoms with Crippen molar-refractivity contribution >= 4 is 11.9 Å². The third-order valence-electron chi connectivity index (χ3n) is 3.91. The zero-order chi connectivity index (χ0) is 17.2. The lowest BCUT2D eigenvalue weighted by Gasteiger charge is -2.20. The Bertz CT molecular complexity index is 583. The molecule has 1 aromatic carbocycles. The number of carboxylic acids is 1. The highest BCUT2D eigenvalue weighted by Crippen LogP contribution is 2.48. The number of rotatable bonds is 6. The topological polar surface area (TPSA) is 57.6 Å². The predicted molar refractivity (Wildman–Crippen MR) is 76.8 cm³/mol. The first-order valence-electron chi connectivity index (χ1n) is 7.41. The third-order valence-corrected chi connectivity index (χ3v) is 3.91. The summed E-state index contributed by atoms with van der Waals surface area (Å²) >= 11 is 0. The molecule has 0 spiro atoms. The molecule has 0 aromatic heterocycles. The van der Waals surface area contributed by atoms with Crippen molar-refractivity contribution in [1.29, 1.82) is 0 Å². The second-order valence-corrected chi connectivity index (χ2v) is 5.72. The molecule has 23 heavy (non-hydrogen) atoms. The molecule has 126 valence electrons. The lowest BCUT2D eigenvalue weighted by molar-refractivity contribution is -0.145. The number of halogens is 3. The number of hydrogen-bond acceptors (Lipinski definition) is 2. The second kappa shape index (κ2) is 6.60. The molecule has 1 aromatic rings. The summed E-state index contributed by atoms with van der Waals surface area (Å²) in [6, 6.07) is 4.80. The summed E-state index contributed by atoms with van der Waals surface area (Å²) in [5.74, 6) is -1.77. The maximum Gasteiger partial charge on any atom is 0.416 e. The van der Waals surface area contributed by atoms with E-state index < -0.39 is 17.7 Å². The van der Waals surface area contributed by atoms with Gasteiger partial charge in [-0.15, -0.1) is 0 Å². The van der Waals surface area contributed by atoms with E-state index in [4.69, 9.17) is 5.11 Å². The Morgan fingerprint density at radius 2 is 1.87 bits per heavy atom. The van der Waals surface area contributed by atoms with Gasteiger partial charge in [0.05, 0.1) is 5.56 Å². The average molecular weight is 329 g/mol. The molecule has 2 rings (SSSR count). The van der Waals surface area contributed by atoms with E-state index in [0.717, 1.165) is 12.1 Å². The number of alkyl halides is 3. The highest BCUT2D eigenvalue weighted by atomic mass is 19.4. The first-order valence-corrected chi connectivity index (χ1v) is 7.41. The Balaban J connectivity index is 2.03. The Labute approximate surface area is 131 Å². The van der Waals surface area contributed by atoms with Crippen molar-refractivity contribution in [3.63, 3.8) is 0 Å². The van der Waals surface area contributed by atoms with Crippen molar-refractivity contribution in [3.05, 3.63) is 35.4 Å². The number of carboxylic acid groups (broad SMARTS) is 1. The molecule has 0 bridgehead atoms. The van der Waals surface area contributed by atoms with Crippen molar-refractivity contribution in [2.45, 2.75) is 31.9 Å². The standard InChI is InChI=1S/C16H18F3NO3/c1-2-7-20(9-14(21)22)15(23)13-8-12(13)10-3-5-11(6-4-10)16(17,18)19/h3-6,12-13H,2,7-9H2,1H3,(H,21,22). The highest BCUT2D eigenvalue weighted by molar-refractivity contribution is 5.86. The molecule has 2 unspecified atom stereocenters. The van der Waals surface area contributed by atoms with Crippen molar-refractivity contribution in [2.75, 3.05) is 13.1 Å². The van der Waals surface area contributed by atoms with Crippen LogP contribution >= 0.6 is 0 Å². The van der Waals surface area contributed by atoms with Crippen molar-refractivity contribution in [2.24, 2.45) is 5.92 Å². The van der Waals surface area contributed by atoms with Gasteiger partial charge in [-0.1, -0.05) is 19.1 Å². The van der Waals surface area contributed by atoms with Crippen molar-refractivity contribution in [3.8, 4) is 0 Å². The zero-order valence-electron chi connectivity index (χ0n) is 12.6. The van der Waals surface area contributed by atoms with Crippen LogP contribution in [0.4, 0.5) is 13.2 Å². The van der Waals surface area contributed by atoms with Gasteiger partial charge in [-0.3, -0.25) is 9.59 Å². The van der Waals surface area contributed by atoms with E-state index in [1.54, 1.807) is 0 Å². The molecule has 1 N–H and O–H groups in total. The van der Waals surface area contributed by atoms with Crippen LogP contribution in [0, 0.1) is 5.92 Å². The monoisotopic (exact) mass is 329 g/mol. The minimum atomic E-state index is -4.38. The van der Waals surface area contributed by atoms with E-state index in [0.29, 0.717) is 24.9 Å². The summed E-state index contributed by atoms with van der Waals surface area (Å²) in [6.07, 6.45) is -3.18. The molecule has 0 heterocycles. The van der Waals surface area contributed by atoms with E-state index in [2.05, 4.69) is 0 Å². The molecule has 1 aliphatic rings. The fourth-order valence-electron chi connectivity index (χ4n) is 2.69. The van der Waals surface area contributed by atoms with E-state index in [9.17, 15) is 22.8 Å². The molecule has 1 amide bonds. The average Bonchev–Trinajstić information content (AvgIpc) is 3.25. The van der Waals surface area contributed by atoms with Crippen LogP contribution in [0.1, 0.15) is 36.8 Å². The molecule has 0 aliphatic heterocycles. The number of nitrogens with zero attached hydrogens (tertiary/aromatic N) is 1. The summed E-state index contributed by atoms with van der Waals surface area (Å²) in [5.41, 5.74) is -0.0358. The molecule has 7 heteroatoms. The Morgan fingerprint density at radius 3 is 2.35 bits per heavy atom. The van der Waals surface area contributed by atoms with E-state index in [1.165, 1.54) is 17.0 Å². The smallest absolute Gasteiger partial charge is 0.416 e. The fourth-order valence-corrected chi connectivity index (χ4v) is 2.69. The van der Waals surface area contributed by atoms with Crippen LogP contribution < -0.4 is 0 Å². The number of amides is 1. The van der Waals surface area contributed by atoms with Crippen molar-refractivity contribution in [1.82, 2.24) is 4.90 Å². The van der Waals surface area contributed by atoms with Crippen LogP contribution in [0.2, 0.25) is 0 Å². The lowest BCUT2D eigenvalue weighted by atomic mass is 10.1. The number of benzene rings is 1. The van der Waals surface area contributed by atoms with E-state index in [1.807, 2.05) is 6.92 Å². The summed E-state index contributed by atoms with van der Waals surface area (Å²) in [4.78, 5) is 24.4. The van der Waals surface area contributed by atoms with Gasteiger partial charge >= 0.3 is 12.1 Å². The van der Waals surface area contributed by atoms with Crippen molar-refractivity contribution < 1.29 is 27.9 Å². The van der Waals surface area contributed by atoms with Crippen LogP contribution in [0.25, 0.3) is 0 Å². The molecule has 1 fully saturated rings. The maximum absolute atomic E-state index is 12.5. The number of hydrogen-bond donors (Lipinski definition) is 1. The molecule has 2 atom stereocenters. The second-order valence-electron chi connectivity index (χ2n) is 5.72. The minimum absolute atomic E-state index is 0.127. The Kier molecular flexibility index (Phi) is 4.97. The largest absolute Gasteiger partial charge is 0.480 e. The van der Waals surface area contributed by atoms with Gasteiger partial charge in [-0.2, -0.15) is 13.2 Å². The normalized spacial score (nSPS) is 20.2. The van der Waals surface area contributed by atoms with Gasteiger partial charge in [-0.05, 0) is 36.5 Å². The lowest BCUT2D eigenvalue weighted by Crippen LogP contribution is -2.37. The van der Waals surface area contributed by atoms with E-state index in [-0.39, 0.29) is 24.3 Å². The molecule has 1 aliphatic carbocycles. The summed E-state index contributed by atoms with van der Waals surface area (Å²) in [5, 5.41) is 8.85. The molecular weight excluding hydrogens is 311 g/mol. The third kappa shape index (κ3) is 4.24. The van der Waals surface area contributed by atoms with Gasteiger partial charge in [0.25, 0.3) is 0 Å². The quantitative estimate of drug-likeness (QED) is 0.872. The molecule has 1 saturated carbocycles. The van der Waals surface area contributed by atoms with Gasteiger partial charge in [0.2, 0.25) is 5.91 Å². The summed E-state index contributed by atoms with van der Waals surface area (Å²) < 4.78 is 37.6. The van der Waals surface area contributed by atoms with Gasteiger partial charge in [0.15, 0.2) is 0 Å². The van der Waals surface area contributed by atoms with Crippen LogP contribution in [0.5, 0.6) is 0 Å². The zero-order valence-corrected chi connectivity index (χ0v) is 12.6. The van der Waals surface area contributed by atoms with Gasteiger partial charge in [0.1, 0.15) is 6.54 Å². The van der Waals surface area contributed by atoms with Gasteiger partial charge < -0.3 is 10.0 Å². The number of carbonyl (C=O) groups is 2. The fraction of sp³-hybridized carbons (Fsp3) is 0.500. The SMILES string of the molecule is CCCN(CC(=O)O)C(=O)C1CC1c1ccc(C(F)(F)F)cc1. The number of aliphatic carboxylic acids is 1. The Morgan fingerprint density at radius 1 is 1.26 bits per heavy atom. The van der Waals surface area contributed by atoms with Gasteiger partial charge in [-0.25, -0.2) is 0 Å². The molecule has 0 saturated heterocycles. The number of carbonyl (C=O) groups excluding carboxylic acids is 1. The van der Waals surface area contributed by atoms with Crippen LogP contribution in [0.3, 0.4) is 0 Å². The minimum Gasteiger partial charge on any atom is -0.480 e. The maximum atomic E-state index is 12.5. The van der Waals surface area contributed by atoms with Crippen LogP contribution in [0.15, 0.2) is 24.3 Å². The van der Waals surface area contributed by atoms with Gasteiger partial charge in [0, 0.05) is 12.5 Å². The van der Waals surface area contributed by atoms with Crippen LogP contribution in [-0.2, 0) is 15.8 Å². The summed E-state index contributed by atoms with van der Waals surface area (Å²) in [7, 11) is 0. The molecule has 4 nitrogen and oxygen atoms in total. The molecule has 0 radical (unpaired) electrons. The molecular formula is C16H18F3NO3. The first-order chi connectivity index (χ1) is 10.7. The van der Waals surface area contributed by atoms with Crippen LogP contribution in [-0.4, -0.2) is 35.0 Å². The highest BCUT2D eigenvalue weighted by Gasteiger charge is 2.46. The Hall–Kier alpha value is -2.05. The summed E-state index contributed by atoms with van der Waals surface area (Å²) in [6.45, 7) is 1.87. The first kappa shape index (κ1) is 17.3. The predicted octanol–water partition coefficient (Wildman–Crippen LogP) is 3.13.